The van der Waals surface area contributed by atoms with Crippen LogP contribution in [0.5, 0.6) is 0 Å². The summed E-state index contributed by atoms with van der Waals surface area (Å²) in [6, 6.07) is 15.0. The lowest BCUT2D eigenvalue weighted by molar-refractivity contribution is -0.137. The van der Waals surface area contributed by atoms with Gasteiger partial charge in [0.2, 0.25) is 0 Å². The van der Waals surface area contributed by atoms with E-state index in [2.05, 4.69) is 5.32 Å². The molecule has 1 N–H and O–H groups in total. The van der Waals surface area contributed by atoms with E-state index in [-0.39, 0.29) is 23.0 Å². The molecule has 0 radical (unpaired) electrons. The Morgan fingerprint density at radius 3 is 2.21 bits per heavy atom. The molecule has 3 aromatic rings. The molecule has 0 bridgehead atoms. The standard InChI is InChI=1S/C20H16F3NO4S/c21-20(22,23)15-8-6-14(7-9-15)12-24-19(25)18-11-10-16(28-18)13-29(26,27)17-4-2-1-3-5-17/h1-11H,12-13H2,(H,24,25). The van der Waals surface area contributed by atoms with Crippen molar-refractivity contribution in [2.75, 3.05) is 0 Å². The lowest BCUT2D eigenvalue weighted by Crippen LogP contribution is -2.22. The minimum atomic E-state index is -4.42. The number of carbonyl (C=O) groups excluding carboxylic acids is 1. The fourth-order valence-electron chi connectivity index (χ4n) is 2.56. The van der Waals surface area contributed by atoms with Gasteiger partial charge in [0.05, 0.1) is 10.5 Å². The zero-order valence-corrected chi connectivity index (χ0v) is 15.8. The van der Waals surface area contributed by atoms with Crippen molar-refractivity contribution in [1.82, 2.24) is 5.32 Å². The number of sulfone groups is 1. The highest BCUT2D eigenvalue weighted by atomic mass is 32.2. The van der Waals surface area contributed by atoms with Crippen LogP contribution in [0.1, 0.15) is 27.4 Å². The summed E-state index contributed by atoms with van der Waals surface area (Å²) in [7, 11) is -3.61. The summed E-state index contributed by atoms with van der Waals surface area (Å²) in [5.74, 6) is -0.986. The summed E-state index contributed by atoms with van der Waals surface area (Å²) in [6.07, 6.45) is -4.42. The molecule has 0 fully saturated rings. The van der Waals surface area contributed by atoms with E-state index in [4.69, 9.17) is 4.42 Å². The SMILES string of the molecule is O=C(NCc1ccc(C(F)(F)F)cc1)c1ccc(CS(=O)(=O)c2ccccc2)o1. The Labute approximate surface area is 165 Å². The molecule has 0 saturated heterocycles. The number of hydrogen-bond donors (Lipinski definition) is 1. The van der Waals surface area contributed by atoms with Crippen molar-refractivity contribution in [3.8, 4) is 0 Å². The molecular formula is C20H16F3NO4S. The largest absolute Gasteiger partial charge is 0.455 e. The summed E-state index contributed by atoms with van der Waals surface area (Å²) in [4.78, 5) is 12.3. The van der Waals surface area contributed by atoms with Crippen LogP contribution in [0.3, 0.4) is 0 Å². The topological polar surface area (TPSA) is 76.4 Å². The van der Waals surface area contributed by atoms with Gasteiger partial charge in [-0.1, -0.05) is 30.3 Å². The van der Waals surface area contributed by atoms with Crippen LogP contribution < -0.4 is 5.32 Å². The van der Waals surface area contributed by atoms with Crippen LogP contribution in [0.4, 0.5) is 13.2 Å². The fourth-order valence-corrected chi connectivity index (χ4v) is 3.83. The monoisotopic (exact) mass is 423 g/mol. The first-order valence-corrected chi connectivity index (χ1v) is 10.1. The van der Waals surface area contributed by atoms with Crippen LogP contribution in [0.15, 0.2) is 76.0 Å². The number of halogens is 3. The quantitative estimate of drug-likeness (QED) is 0.645. The average molecular weight is 423 g/mol. The lowest BCUT2D eigenvalue weighted by Gasteiger charge is -2.08. The van der Waals surface area contributed by atoms with Crippen LogP contribution in [-0.2, 0) is 28.3 Å². The molecule has 2 aromatic carbocycles. The van der Waals surface area contributed by atoms with E-state index >= 15 is 0 Å². The molecular weight excluding hydrogens is 407 g/mol. The zero-order valence-electron chi connectivity index (χ0n) is 14.9. The van der Waals surface area contributed by atoms with Gasteiger partial charge in [0.1, 0.15) is 11.5 Å². The maximum atomic E-state index is 12.6. The number of nitrogens with one attached hydrogen (secondary N) is 1. The fraction of sp³-hybridized carbons (Fsp3) is 0.150. The molecule has 0 aliphatic rings. The first kappa shape index (κ1) is 20.7. The zero-order chi connectivity index (χ0) is 21.1. The van der Waals surface area contributed by atoms with E-state index in [0.29, 0.717) is 5.56 Å². The molecule has 1 amide bonds. The molecule has 9 heteroatoms. The van der Waals surface area contributed by atoms with Crippen molar-refractivity contribution in [2.45, 2.75) is 23.4 Å². The molecule has 152 valence electrons. The number of rotatable bonds is 6. The minimum absolute atomic E-state index is 0.00465. The highest BCUT2D eigenvalue weighted by molar-refractivity contribution is 7.90. The average Bonchev–Trinajstić information content (AvgIpc) is 3.14. The van der Waals surface area contributed by atoms with Gasteiger partial charge in [0.25, 0.3) is 5.91 Å². The van der Waals surface area contributed by atoms with Crippen molar-refractivity contribution < 1.29 is 30.8 Å². The smallest absolute Gasteiger partial charge is 0.416 e. The second-order valence-corrected chi connectivity index (χ2v) is 8.21. The number of hydrogen-bond acceptors (Lipinski definition) is 4. The Bertz CT molecular complexity index is 1090. The summed E-state index contributed by atoms with van der Waals surface area (Å²) in [6.45, 7) is -0.00465. The number of alkyl halides is 3. The Morgan fingerprint density at radius 2 is 1.59 bits per heavy atom. The third-order valence-corrected chi connectivity index (χ3v) is 5.71. The van der Waals surface area contributed by atoms with Crippen molar-refractivity contribution in [3.05, 3.63) is 89.4 Å². The number of carbonyl (C=O) groups is 1. The maximum Gasteiger partial charge on any atom is 0.416 e. The molecule has 3 rings (SSSR count). The van der Waals surface area contributed by atoms with Gasteiger partial charge in [0, 0.05) is 6.54 Å². The van der Waals surface area contributed by atoms with Crippen molar-refractivity contribution in [1.29, 1.82) is 0 Å². The lowest BCUT2D eigenvalue weighted by atomic mass is 10.1. The third-order valence-electron chi connectivity index (χ3n) is 4.05. The molecule has 0 saturated carbocycles. The van der Waals surface area contributed by atoms with E-state index in [1.807, 2.05) is 0 Å². The number of amides is 1. The van der Waals surface area contributed by atoms with Crippen LogP contribution in [-0.4, -0.2) is 14.3 Å². The van der Waals surface area contributed by atoms with Crippen LogP contribution >= 0.6 is 0 Å². The predicted octanol–water partition coefficient (Wildman–Crippen LogP) is 4.20. The second-order valence-electron chi connectivity index (χ2n) is 6.22. The molecule has 0 unspecified atom stereocenters. The summed E-state index contributed by atoms with van der Waals surface area (Å²) in [5.41, 5.74) is -0.298. The number of furan rings is 1. The highest BCUT2D eigenvalue weighted by Crippen LogP contribution is 2.29. The molecule has 0 atom stereocenters. The van der Waals surface area contributed by atoms with Gasteiger partial charge in [0.15, 0.2) is 15.6 Å². The van der Waals surface area contributed by atoms with E-state index in [1.54, 1.807) is 18.2 Å². The second kappa shape index (κ2) is 8.12. The first-order chi connectivity index (χ1) is 13.6. The van der Waals surface area contributed by atoms with Crippen LogP contribution in [0.2, 0.25) is 0 Å². The number of benzene rings is 2. The van der Waals surface area contributed by atoms with Crippen molar-refractivity contribution in [3.63, 3.8) is 0 Å². The third kappa shape index (κ3) is 5.26. The van der Waals surface area contributed by atoms with Crippen molar-refractivity contribution >= 4 is 15.7 Å². The van der Waals surface area contributed by atoms with Crippen molar-refractivity contribution in [2.24, 2.45) is 0 Å². The minimum Gasteiger partial charge on any atom is -0.455 e. The summed E-state index contributed by atoms with van der Waals surface area (Å²) >= 11 is 0. The van der Waals surface area contributed by atoms with E-state index < -0.39 is 33.2 Å². The summed E-state index contributed by atoms with van der Waals surface area (Å²) in [5, 5.41) is 2.52. The van der Waals surface area contributed by atoms with Gasteiger partial charge < -0.3 is 9.73 Å². The van der Waals surface area contributed by atoms with Gasteiger partial charge in [-0.05, 0) is 42.0 Å². The maximum absolute atomic E-state index is 12.6. The Morgan fingerprint density at radius 1 is 0.931 bits per heavy atom. The highest BCUT2D eigenvalue weighted by Gasteiger charge is 2.29. The Balaban J connectivity index is 1.61. The molecule has 1 heterocycles. The predicted molar refractivity (Wildman–Crippen MR) is 98.7 cm³/mol. The Hall–Kier alpha value is -3.07. The molecule has 0 aliphatic carbocycles. The molecule has 0 spiro atoms. The van der Waals surface area contributed by atoms with Gasteiger partial charge in [-0.25, -0.2) is 8.42 Å². The molecule has 29 heavy (non-hydrogen) atoms. The van der Waals surface area contributed by atoms with Gasteiger partial charge >= 0.3 is 6.18 Å². The van der Waals surface area contributed by atoms with Gasteiger partial charge in [-0.3, -0.25) is 4.79 Å². The normalized spacial score (nSPS) is 12.0. The molecule has 0 aliphatic heterocycles. The Kier molecular flexibility index (Phi) is 5.78. The van der Waals surface area contributed by atoms with Gasteiger partial charge in [-0.2, -0.15) is 13.2 Å². The summed E-state index contributed by atoms with van der Waals surface area (Å²) < 4.78 is 67.7. The molecule has 1 aromatic heterocycles. The van der Waals surface area contributed by atoms with Gasteiger partial charge in [-0.15, -0.1) is 0 Å². The van der Waals surface area contributed by atoms with E-state index in [9.17, 15) is 26.4 Å². The van der Waals surface area contributed by atoms with E-state index in [0.717, 1.165) is 12.1 Å². The van der Waals surface area contributed by atoms with Crippen LogP contribution in [0.25, 0.3) is 0 Å². The first-order valence-electron chi connectivity index (χ1n) is 8.46. The molecule has 5 nitrogen and oxygen atoms in total. The van der Waals surface area contributed by atoms with Crippen LogP contribution in [0, 0.1) is 0 Å². The van der Waals surface area contributed by atoms with E-state index in [1.165, 1.54) is 36.4 Å².